The van der Waals surface area contributed by atoms with Gasteiger partial charge in [-0.1, -0.05) is 0 Å². The van der Waals surface area contributed by atoms with Crippen LogP contribution in [0.1, 0.15) is 6.92 Å². The van der Waals surface area contributed by atoms with Crippen LogP contribution in [0.3, 0.4) is 0 Å². The molecular weight excluding hydrogens is 146 g/mol. The van der Waals surface area contributed by atoms with E-state index in [2.05, 4.69) is 0 Å². The van der Waals surface area contributed by atoms with Gasteiger partial charge in [-0.25, -0.2) is 0 Å². The molecule has 5 nitrogen and oxygen atoms in total. The van der Waals surface area contributed by atoms with E-state index in [1.54, 1.807) is 6.92 Å². The largest absolute Gasteiger partial charge is 0.368 e. The van der Waals surface area contributed by atoms with E-state index in [1.165, 1.54) is 11.9 Å². The van der Waals surface area contributed by atoms with Crippen LogP contribution in [0.2, 0.25) is 0 Å². The standard InChI is InChI=1S/C6H13N3O2/c1-4(7)6(11)9(2)3-5(8)10/h4H,3,7H2,1-2H3,(H2,8,10)/t4-/m1/s1. The van der Waals surface area contributed by atoms with E-state index in [4.69, 9.17) is 11.5 Å². The predicted molar refractivity (Wildman–Crippen MR) is 40.5 cm³/mol. The zero-order chi connectivity index (χ0) is 9.02. The molecule has 0 saturated carbocycles. The maximum atomic E-state index is 11.0. The molecule has 11 heavy (non-hydrogen) atoms. The van der Waals surface area contributed by atoms with Crippen molar-refractivity contribution in [3.8, 4) is 0 Å². The van der Waals surface area contributed by atoms with E-state index in [9.17, 15) is 9.59 Å². The van der Waals surface area contributed by atoms with Crippen LogP contribution in [0.5, 0.6) is 0 Å². The zero-order valence-corrected chi connectivity index (χ0v) is 6.70. The smallest absolute Gasteiger partial charge is 0.239 e. The third-order valence-electron chi connectivity index (χ3n) is 1.16. The summed E-state index contributed by atoms with van der Waals surface area (Å²) in [6.07, 6.45) is 0. The third-order valence-corrected chi connectivity index (χ3v) is 1.16. The molecule has 1 atom stereocenters. The van der Waals surface area contributed by atoms with Crippen LogP contribution in [0.15, 0.2) is 0 Å². The number of nitrogens with two attached hydrogens (primary N) is 2. The van der Waals surface area contributed by atoms with Crippen LogP contribution in [-0.2, 0) is 9.59 Å². The van der Waals surface area contributed by atoms with E-state index in [-0.39, 0.29) is 12.5 Å². The minimum atomic E-state index is -0.584. The Morgan fingerprint density at radius 3 is 2.27 bits per heavy atom. The van der Waals surface area contributed by atoms with E-state index in [1.807, 2.05) is 0 Å². The molecule has 64 valence electrons. The fraction of sp³-hybridized carbons (Fsp3) is 0.667. The molecule has 0 aliphatic heterocycles. The van der Waals surface area contributed by atoms with Gasteiger partial charge in [0.15, 0.2) is 0 Å². The first-order valence-corrected chi connectivity index (χ1v) is 3.24. The molecule has 5 heteroatoms. The maximum Gasteiger partial charge on any atom is 0.239 e. The number of likely N-dealkylation sites (N-methyl/N-ethyl adjacent to an activating group) is 1. The minimum absolute atomic E-state index is 0.0830. The number of amides is 2. The SMILES string of the molecule is C[C@@H](N)C(=O)N(C)CC(N)=O. The Kier molecular flexibility index (Phi) is 3.53. The Hall–Kier alpha value is -1.10. The molecule has 0 aromatic rings. The van der Waals surface area contributed by atoms with Crippen molar-refractivity contribution in [2.45, 2.75) is 13.0 Å². The van der Waals surface area contributed by atoms with Gasteiger partial charge < -0.3 is 16.4 Å². The maximum absolute atomic E-state index is 11.0. The van der Waals surface area contributed by atoms with Gasteiger partial charge in [0.05, 0.1) is 12.6 Å². The van der Waals surface area contributed by atoms with Crippen molar-refractivity contribution >= 4 is 11.8 Å². The van der Waals surface area contributed by atoms with Gasteiger partial charge in [0, 0.05) is 7.05 Å². The fourth-order valence-corrected chi connectivity index (χ4v) is 0.659. The average molecular weight is 159 g/mol. The molecule has 0 rings (SSSR count). The monoisotopic (exact) mass is 159 g/mol. The molecule has 0 heterocycles. The van der Waals surface area contributed by atoms with Crippen LogP contribution >= 0.6 is 0 Å². The molecule has 0 aromatic carbocycles. The first-order valence-electron chi connectivity index (χ1n) is 3.24. The van der Waals surface area contributed by atoms with Gasteiger partial charge in [-0.15, -0.1) is 0 Å². The van der Waals surface area contributed by atoms with Gasteiger partial charge in [0.2, 0.25) is 11.8 Å². The van der Waals surface area contributed by atoms with Crippen molar-refractivity contribution in [1.29, 1.82) is 0 Å². The molecule has 2 amide bonds. The Labute approximate surface area is 65.3 Å². The number of carbonyl (C=O) groups excluding carboxylic acids is 2. The highest BCUT2D eigenvalue weighted by Crippen LogP contribution is 1.87. The van der Waals surface area contributed by atoms with Crippen LogP contribution in [0.4, 0.5) is 0 Å². The van der Waals surface area contributed by atoms with Crippen molar-refractivity contribution in [2.75, 3.05) is 13.6 Å². The van der Waals surface area contributed by atoms with Gasteiger partial charge in [-0.2, -0.15) is 0 Å². The minimum Gasteiger partial charge on any atom is -0.368 e. The molecule has 0 spiro atoms. The summed E-state index contributed by atoms with van der Waals surface area (Å²) in [5.74, 6) is -0.828. The molecule has 0 aromatic heterocycles. The van der Waals surface area contributed by atoms with Crippen LogP contribution in [0, 0.1) is 0 Å². The molecule has 0 saturated heterocycles. The van der Waals surface area contributed by atoms with Gasteiger partial charge in [-0.05, 0) is 6.92 Å². The number of hydrogen-bond acceptors (Lipinski definition) is 3. The van der Waals surface area contributed by atoms with Gasteiger partial charge >= 0.3 is 0 Å². The van der Waals surface area contributed by atoms with Crippen LogP contribution in [0.25, 0.3) is 0 Å². The molecule has 0 unspecified atom stereocenters. The Morgan fingerprint density at radius 1 is 1.55 bits per heavy atom. The number of rotatable bonds is 3. The summed E-state index contributed by atoms with van der Waals surface area (Å²) < 4.78 is 0. The number of nitrogens with zero attached hydrogens (tertiary/aromatic N) is 1. The summed E-state index contributed by atoms with van der Waals surface area (Å²) >= 11 is 0. The van der Waals surface area contributed by atoms with Gasteiger partial charge in [0.25, 0.3) is 0 Å². The lowest BCUT2D eigenvalue weighted by Crippen LogP contribution is -2.43. The van der Waals surface area contributed by atoms with Crippen molar-refractivity contribution in [1.82, 2.24) is 4.90 Å². The van der Waals surface area contributed by atoms with Crippen molar-refractivity contribution in [3.05, 3.63) is 0 Å². The zero-order valence-electron chi connectivity index (χ0n) is 6.70. The average Bonchev–Trinajstić information content (AvgIpc) is 1.84. The fourth-order valence-electron chi connectivity index (χ4n) is 0.659. The predicted octanol–water partition coefficient (Wildman–Crippen LogP) is -1.72. The lowest BCUT2D eigenvalue weighted by molar-refractivity contribution is -0.134. The second-order valence-corrected chi connectivity index (χ2v) is 2.45. The van der Waals surface area contributed by atoms with E-state index >= 15 is 0 Å². The highest BCUT2D eigenvalue weighted by molar-refractivity contribution is 5.86. The van der Waals surface area contributed by atoms with E-state index < -0.39 is 11.9 Å². The highest BCUT2D eigenvalue weighted by atomic mass is 16.2. The molecular formula is C6H13N3O2. The second kappa shape index (κ2) is 3.92. The highest BCUT2D eigenvalue weighted by Gasteiger charge is 2.14. The first-order chi connectivity index (χ1) is 4.95. The first kappa shape index (κ1) is 9.90. The third kappa shape index (κ3) is 3.57. The summed E-state index contributed by atoms with van der Waals surface area (Å²) in [6.45, 7) is 1.47. The summed E-state index contributed by atoms with van der Waals surface area (Å²) in [4.78, 5) is 22.5. The Morgan fingerprint density at radius 2 is 2.00 bits per heavy atom. The Bertz CT molecular complexity index is 167. The lowest BCUT2D eigenvalue weighted by atomic mass is 10.3. The van der Waals surface area contributed by atoms with Crippen molar-refractivity contribution < 1.29 is 9.59 Å². The Balaban J connectivity index is 3.93. The lowest BCUT2D eigenvalue weighted by Gasteiger charge is -2.16. The second-order valence-electron chi connectivity index (χ2n) is 2.45. The molecule has 0 radical (unpaired) electrons. The van der Waals surface area contributed by atoms with Crippen molar-refractivity contribution in [2.24, 2.45) is 11.5 Å². The summed E-state index contributed by atoms with van der Waals surface area (Å²) in [6, 6.07) is -0.584. The molecule has 0 bridgehead atoms. The summed E-state index contributed by atoms with van der Waals surface area (Å²) in [7, 11) is 1.48. The summed E-state index contributed by atoms with van der Waals surface area (Å²) in [5.41, 5.74) is 10.1. The quantitative estimate of drug-likeness (QED) is 0.513. The van der Waals surface area contributed by atoms with Gasteiger partial charge in [-0.3, -0.25) is 9.59 Å². The van der Waals surface area contributed by atoms with Crippen LogP contribution < -0.4 is 11.5 Å². The normalized spacial score (nSPS) is 12.3. The van der Waals surface area contributed by atoms with Crippen LogP contribution in [-0.4, -0.2) is 36.3 Å². The molecule has 0 aliphatic rings. The number of hydrogen-bond donors (Lipinski definition) is 2. The topological polar surface area (TPSA) is 89.4 Å². The van der Waals surface area contributed by atoms with E-state index in [0.29, 0.717) is 0 Å². The molecule has 4 N–H and O–H groups in total. The molecule has 0 fully saturated rings. The van der Waals surface area contributed by atoms with Gasteiger partial charge in [0.1, 0.15) is 0 Å². The summed E-state index contributed by atoms with van der Waals surface area (Å²) in [5, 5.41) is 0. The number of primary amides is 1. The number of carbonyl (C=O) groups is 2. The van der Waals surface area contributed by atoms with E-state index in [0.717, 1.165) is 0 Å². The van der Waals surface area contributed by atoms with Crippen molar-refractivity contribution in [3.63, 3.8) is 0 Å². The molecule has 0 aliphatic carbocycles.